The number of pyridine rings is 2. The summed E-state index contributed by atoms with van der Waals surface area (Å²) < 4.78 is 15.7. The van der Waals surface area contributed by atoms with E-state index in [0.717, 1.165) is 112 Å². The van der Waals surface area contributed by atoms with Crippen LogP contribution < -0.4 is 0 Å². The second-order valence-corrected chi connectivity index (χ2v) is 18.7. The first-order valence-corrected chi connectivity index (χ1v) is 26.7. The van der Waals surface area contributed by atoms with Crippen LogP contribution in [0.1, 0.15) is 89.7 Å². The molecule has 24 heteroatoms. The van der Waals surface area contributed by atoms with Crippen molar-refractivity contribution in [2.45, 2.75) is 116 Å². The van der Waals surface area contributed by atoms with Gasteiger partial charge in [-0.15, -0.1) is 0 Å². The van der Waals surface area contributed by atoms with E-state index >= 15 is 0 Å². The van der Waals surface area contributed by atoms with Crippen LogP contribution in [-0.2, 0) is 64.4 Å². The van der Waals surface area contributed by atoms with Gasteiger partial charge in [-0.3, -0.25) is 19.6 Å². The fourth-order valence-corrected chi connectivity index (χ4v) is 9.62. The molecule has 4 fully saturated rings. The van der Waals surface area contributed by atoms with Crippen molar-refractivity contribution < 1.29 is 68.9 Å². The first-order chi connectivity index (χ1) is 37.6. The van der Waals surface area contributed by atoms with Crippen LogP contribution in [0.15, 0.2) is 73.1 Å². The van der Waals surface area contributed by atoms with E-state index in [4.69, 9.17) is 50.1 Å². The predicted octanol–water partition coefficient (Wildman–Crippen LogP) is 4.97. The van der Waals surface area contributed by atoms with E-state index < -0.39 is 35.8 Å². The fourth-order valence-electron chi connectivity index (χ4n) is 9.62. The Hall–Kier alpha value is -6.96. The molecule has 428 valence electrons. The molecule has 4 aliphatic rings. The molecule has 2 saturated carbocycles. The first-order valence-electron chi connectivity index (χ1n) is 26.7. The van der Waals surface area contributed by atoms with Gasteiger partial charge in [0, 0.05) is 140 Å². The monoisotopic (exact) mass is 1090 g/mol. The molecule has 8 rings (SSSR count). The Kier molecular flexibility index (Phi) is 28.9. The first kappa shape index (κ1) is 63.6. The van der Waals surface area contributed by atoms with Crippen LogP contribution in [0.4, 0.5) is 0 Å². The van der Waals surface area contributed by atoms with E-state index in [2.05, 4.69) is 50.8 Å². The minimum atomic E-state index is -1.26. The van der Waals surface area contributed by atoms with Gasteiger partial charge in [0.2, 0.25) is 0 Å². The highest BCUT2D eigenvalue weighted by Crippen LogP contribution is 2.26. The fraction of sp³-hybridized carbons (Fsp3) is 0.556. The minimum absolute atomic E-state index is 0.558. The van der Waals surface area contributed by atoms with Gasteiger partial charge in [0.15, 0.2) is 11.3 Å². The number of carboxylic acids is 6. The van der Waals surface area contributed by atoms with Crippen molar-refractivity contribution >= 4 is 58.1 Å². The van der Waals surface area contributed by atoms with Crippen LogP contribution in [0, 0.1) is 0 Å². The number of nitrogens with zero attached hydrogens (tertiary/aromatic N) is 10. The molecular formula is C54H78N10O14. The van der Waals surface area contributed by atoms with Crippen LogP contribution in [0.5, 0.6) is 0 Å². The van der Waals surface area contributed by atoms with Crippen LogP contribution in [0.2, 0.25) is 0 Å². The molecular weight excluding hydrogens is 1010 g/mol. The predicted molar refractivity (Wildman–Crippen MR) is 289 cm³/mol. The van der Waals surface area contributed by atoms with Crippen LogP contribution in [0.3, 0.4) is 0 Å². The maximum atomic E-state index is 9.55. The second-order valence-electron chi connectivity index (χ2n) is 18.7. The van der Waals surface area contributed by atoms with Crippen molar-refractivity contribution in [2.75, 3.05) is 78.8 Å². The van der Waals surface area contributed by atoms with Crippen molar-refractivity contribution in [1.29, 1.82) is 0 Å². The number of aliphatic carboxylic acids is 6. The van der Waals surface area contributed by atoms with E-state index in [9.17, 15) is 28.8 Å². The van der Waals surface area contributed by atoms with Gasteiger partial charge in [0.05, 0.1) is 26.3 Å². The summed E-state index contributed by atoms with van der Waals surface area (Å²) in [6.45, 7) is 19.8. The average Bonchev–Trinajstić information content (AvgIpc) is 4.05. The summed E-state index contributed by atoms with van der Waals surface area (Å²) in [5, 5.41) is 46.9. The number of carbonyl (C=O) groups is 6. The summed E-state index contributed by atoms with van der Waals surface area (Å²) in [5.74, 6) is -5.30. The number of ether oxygens (including phenoxy) is 2. The third-order valence-corrected chi connectivity index (χ3v) is 13.3. The molecule has 6 N–H and O–H groups in total. The van der Waals surface area contributed by atoms with E-state index in [1.165, 1.54) is 90.4 Å². The van der Waals surface area contributed by atoms with Gasteiger partial charge in [0.25, 0.3) is 0 Å². The standard InChI is InChI=1S/2C21H33N5O.3C4H4O4/c2*1-2-27-16-15-26-20(23-19-9-6-10-22-21(19)26)17-24-11-13-25(14-12-24)18-7-4-3-5-8-18;3*5-3(6)1-2-4(7)8/h2*6,9-10,18H,2-5,7-8,11-17H2,1H3;3*1-2H,(H,5,6)(H,7,8). The normalized spacial score (nSPS) is 17.1. The molecule has 2 aliphatic carbocycles. The van der Waals surface area contributed by atoms with Crippen LogP contribution >= 0.6 is 0 Å². The van der Waals surface area contributed by atoms with Crippen LogP contribution in [-0.4, -0.2) is 206 Å². The zero-order valence-electron chi connectivity index (χ0n) is 44.9. The molecule has 0 spiro atoms. The lowest BCUT2D eigenvalue weighted by Gasteiger charge is -2.40. The number of fused-ring (bicyclic) bond motifs is 2. The van der Waals surface area contributed by atoms with E-state index in [-0.39, 0.29) is 0 Å². The Balaban J connectivity index is 0.000000239. The molecule has 2 saturated heterocycles. The van der Waals surface area contributed by atoms with E-state index in [0.29, 0.717) is 49.7 Å². The zero-order chi connectivity index (χ0) is 56.7. The Bertz CT molecular complexity index is 2320. The number of rotatable bonds is 20. The molecule has 6 heterocycles. The molecule has 78 heavy (non-hydrogen) atoms. The third-order valence-electron chi connectivity index (χ3n) is 13.3. The Morgan fingerprint density at radius 1 is 0.487 bits per heavy atom. The molecule has 0 aromatic carbocycles. The molecule has 0 unspecified atom stereocenters. The Morgan fingerprint density at radius 2 is 0.795 bits per heavy atom. The second kappa shape index (κ2) is 35.5. The quantitative estimate of drug-likeness (QED) is 0.0502. The summed E-state index contributed by atoms with van der Waals surface area (Å²) in [4.78, 5) is 86.8. The Morgan fingerprint density at radius 3 is 1.08 bits per heavy atom. The molecule has 0 amide bonds. The van der Waals surface area contributed by atoms with Crippen molar-refractivity contribution in [1.82, 2.24) is 48.7 Å². The number of piperazine rings is 2. The average molecular weight is 1090 g/mol. The van der Waals surface area contributed by atoms with Crippen molar-refractivity contribution in [2.24, 2.45) is 0 Å². The van der Waals surface area contributed by atoms with Gasteiger partial charge < -0.3 is 49.2 Å². The highest BCUT2D eigenvalue weighted by Gasteiger charge is 2.28. The summed E-state index contributed by atoms with van der Waals surface area (Å²) >= 11 is 0. The van der Waals surface area contributed by atoms with Crippen molar-refractivity contribution in [3.8, 4) is 0 Å². The number of aromatic nitrogens is 6. The molecule has 2 aliphatic heterocycles. The third kappa shape index (κ3) is 23.7. The lowest BCUT2D eigenvalue weighted by molar-refractivity contribution is -0.134. The van der Waals surface area contributed by atoms with Gasteiger partial charge in [-0.1, -0.05) is 38.5 Å². The molecule has 4 aromatic rings. The number of imidazole rings is 2. The van der Waals surface area contributed by atoms with E-state index in [1.807, 2.05) is 38.4 Å². The molecule has 24 nitrogen and oxygen atoms in total. The van der Waals surface area contributed by atoms with Gasteiger partial charge in [-0.05, 0) is 63.8 Å². The SMILES string of the molecule is CCOCCn1c(CN2CCN(C3CCCCC3)CC2)nc2cccnc21.CCOCCn1c(CN2CCN(C3CCCCC3)CC2)nc2cccnc21.O=C(O)C=CC(=O)O.O=C(O)C=CC(=O)O.O=C(O)C=CC(=O)O. The lowest BCUT2D eigenvalue weighted by Crippen LogP contribution is -2.50. The maximum absolute atomic E-state index is 9.55. The minimum Gasteiger partial charge on any atom is -0.478 e. The van der Waals surface area contributed by atoms with E-state index in [1.54, 1.807) is 0 Å². The Labute approximate surface area is 454 Å². The summed E-state index contributed by atoms with van der Waals surface area (Å²) in [6, 6.07) is 9.72. The van der Waals surface area contributed by atoms with Crippen molar-refractivity contribution in [3.05, 3.63) is 84.8 Å². The molecule has 0 radical (unpaired) electrons. The zero-order valence-corrected chi connectivity index (χ0v) is 44.9. The largest absolute Gasteiger partial charge is 0.478 e. The molecule has 4 aromatic heterocycles. The summed E-state index contributed by atoms with van der Waals surface area (Å²) in [5.41, 5.74) is 3.94. The topological polar surface area (TPSA) is 317 Å². The van der Waals surface area contributed by atoms with Crippen molar-refractivity contribution in [3.63, 3.8) is 0 Å². The van der Waals surface area contributed by atoms with Gasteiger partial charge in [0.1, 0.15) is 22.7 Å². The summed E-state index contributed by atoms with van der Waals surface area (Å²) in [7, 11) is 0. The highest BCUT2D eigenvalue weighted by atomic mass is 16.5. The number of hydrogen-bond donors (Lipinski definition) is 6. The maximum Gasteiger partial charge on any atom is 0.328 e. The van der Waals surface area contributed by atoms with Crippen LogP contribution in [0.25, 0.3) is 22.3 Å². The lowest BCUT2D eigenvalue weighted by atomic mass is 9.94. The van der Waals surface area contributed by atoms with Gasteiger partial charge in [-0.2, -0.15) is 0 Å². The molecule has 0 bridgehead atoms. The van der Waals surface area contributed by atoms with Gasteiger partial charge >= 0.3 is 35.8 Å². The highest BCUT2D eigenvalue weighted by molar-refractivity contribution is 5.90. The summed E-state index contributed by atoms with van der Waals surface area (Å²) in [6.07, 6.45) is 21.2. The number of carboxylic acid groups (broad SMARTS) is 6. The smallest absolute Gasteiger partial charge is 0.328 e. The molecule has 0 atom stereocenters. The van der Waals surface area contributed by atoms with Gasteiger partial charge in [-0.25, -0.2) is 48.7 Å². The number of hydrogen-bond acceptors (Lipinski definition) is 16.